The van der Waals surface area contributed by atoms with Crippen LogP contribution >= 0.6 is 0 Å². The van der Waals surface area contributed by atoms with Gasteiger partial charge in [-0.05, 0) is 39.0 Å². The summed E-state index contributed by atoms with van der Waals surface area (Å²) >= 11 is 0. The first-order valence-electron chi connectivity index (χ1n) is 10.5. The Labute approximate surface area is 179 Å². The van der Waals surface area contributed by atoms with E-state index in [0.29, 0.717) is 23.9 Å². The molecule has 9 nitrogen and oxygen atoms in total. The lowest BCUT2D eigenvalue weighted by Gasteiger charge is -2.36. The third-order valence-electron chi connectivity index (χ3n) is 5.23. The first kappa shape index (κ1) is 19.8. The molecule has 3 atom stereocenters. The normalized spacial score (nSPS) is 20.5. The van der Waals surface area contributed by atoms with Gasteiger partial charge in [0, 0.05) is 31.4 Å². The van der Waals surface area contributed by atoms with Gasteiger partial charge < -0.3 is 24.5 Å². The molecule has 31 heavy (non-hydrogen) atoms. The number of rotatable bonds is 5. The summed E-state index contributed by atoms with van der Waals surface area (Å²) in [5, 5.41) is 5.52. The molecule has 162 valence electrons. The molecule has 0 aromatic carbocycles. The van der Waals surface area contributed by atoms with Gasteiger partial charge in [0.2, 0.25) is 5.88 Å². The maximum atomic E-state index is 6.18. The number of aromatic nitrogens is 4. The third-order valence-corrected chi connectivity index (χ3v) is 5.23. The Morgan fingerprint density at radius 3 is 2.77 bits per heavy atom. The molecule has 0 radical (unpaired) electrons. The number of hydrogen-bond donors (Lipinski definition) is 1. The molecule has 1 saturated heterocycles. The Morgan fingerprint density at radius 1 is 1.19 bits per heavy atom. The van der Waals surface area contributed by atoms with Crippen LogP contribution in [0.2, 0.25) is 0 Å². The lowest BCUT2D eigenvalue weighted by molar-refractivity contribution is -0.00536. The lowest BCUT2D eigenvalue weighted by atomic mass is 10.2. The number of furan rings is 1. The standard InChI is InChI=1S/C22H26N6O3/c1-13(23)12-29-21-5-4-20-25-9-17(28(20)26-21)19-8-16-18(31-19)6-7-24-22(16)27-10-14(2)30-15(3)11-27/h4-9,13-15H,10-12,23H2,1-3H3. The molecule has 0 amide bonds. The molecule has 4 aromatic heterocycles. The number of pyridine rings is 1. The van der Waals surface area contributed by atoms with Crippen LogP contribution in [0.1, 0.15) is 20.8 Å². The van der Waals surface area contributed by atoms with Crippen molar-refractivity contribution in [1.82, 2.24) is 19.6 Å². The summed E-state index contributed by atoms with van der Waals surface area (Å²) < 4.78 is 19.5. The summed E-state index contributed by atoms with van der Waals surface area (Å²) in [5.41, 5.74) is 8.00. The highest BCUT2D eigenvalue weighted by Crippen LogP contribution is 2.34. The summed E-state index contributed by atoms with van der Waals surface area (Å²) in [7, 11) is 0. The smallest absolute Gasteiger partial charge is 0.231 e. The van der Waals surface area contributed by atoms with Gasteiger partial charge in [-0.3, -0.25) is 0 Å². The Balaban J connectivity index is 1.54. The molecular formula is C22H26N6O3. The minimum Gasteiger partial charge on any atom is -0.475 e. The van der Waals surface area contributed by atoms with Gasteiger partial charge in [0.15, 0.2) is 11.4 Å². The van der Waals surface area contributed by atoms with Crippen LogP contribution in [-0.4, -0.2) is 57.5 Å². The average molecular weight is 422 g/mol. The first-order valence-corrected chi connectivity index (χ1v) is 10.5. The fraction of sp³-hybridized carbons (Fsp3) is 0.409. The monoisotopic (exact) mass is 422 g/mol. The minimum atomic E-state index is -0.0772. The van der Waals surface area contributed by atoms with Crippen LogP contribution in [0.4, 0.5) is 5.82 Å². The predicted octanol–water partition coefficient (Wildman–Crippen LogP) is 2.88. The van der Waals surface area contributed by atoms with E-state index in [9.17, 15) is 0 Å². The molecule has 0 spiro atoms. The van der Waals surface area contributed by atoms with E-state index in [0.717, 1.165) is 35.6 Å². The topological polar surface area (TPSA) is 104 Å². The van der Waals surface area contributed by atoms with E-state index in [1.807, 2.05) is 25.1 Å². The van der Waals surface area contributed by atoms with Gasteiger partial charge in [-0.25, -0.2) is 14.5 Å². The number of morpholine rings is 1. The largest absolute Gasteiger partial charge is 0.475 e. The van der Waals surface area contributed by atoms with Crippen molar-refractivity contribution in [3.8, 4) is 17.3 Å². The van der Waals surface area contributed by atoms with Crippen molar-refractivity contribution in [3.63, 3.8) is 0 Å². The summed E-state index contributed by atoms with van der Waals surface area (Å²) in [4.78, 5) is 11.4. The van der Waals surface area contributed by atoms with E-state index in [2.05, 4.69) is 33.8 Å². The summed E-state index contributed by atoms with van der Waals surface area (Å²) in [6.07, 6.45) is 3.82. The number of fused-ring (bicyclic) bond motifs is 2. The van der Waals surface area contributed by atoms with Crippen molar-refractivity contribution in [1.29, 1.82) is 0 Å². The van der Waals surface area contributed by atoms with Crippen molar-refractivity contribution in [2.75, 3.05) is 24.6 Å². The second-order valence-corrected chi connectivity index (χ2v) is 8.19. The van der Waals surface area contributed by atoms with Crippen LogP contribution in [0.25, 0.3) is 28.1 Å². The number of nitrogens with two attached hydrogens (primary N) is 1. The molecule has 1 aliphatic rings. The Morgan fingerprint density at radius 2 is 2.00 bits per heavy atom. The zero-order valence-corrected chi connectivity index (χ0v) is 17.9. The fourth-order valence-corrected chi connectivity index (χ4v) is 4.00. The van der Waals surface area contributed by atoms with Crippen molar-refractivity contribution in [3.05, 3.63) is 36.7 Å². The Hall–Kier alpha value is -3.17. The minimum absolute atomic E-state index is 0.0772. The summed E-state index contributed by atoms with van der Waals surface area (Å²) in [5.74, 6) is 2.05. The highest BCUT2D eigenvalue weighted by atomic mass is 16.5. The zero-order chi connectivity index (χ0) is 21.5. The molecule has 2 N–H and O–H groups in total. The lowest BCUT2D eigenvalue weighted by Crippen LogP contribution is -2.45. The Kier molecular flexibility index (Phi) is 4.99. The number of anilines is 1. The number of imidazole rings is 1. The number of hydrogen-bond acceptors (Lipinski definition) is 8. The molecule has 0 saturated carbocycles. The van der Waals surface area contributed by atoms with Crippen LogP contribution in [0, 0.1) is 0 Å². The maximum absolute atomic E-state index is 6.18. The van der Waals surface area contributed by atoms with E-state index in [1.165, 1.54) is 0 Å². The second-order valence-electron chi connectivity index (χ2n) is 8.19. The molecular weight excluding hydrogens is 396 g/mol. The van der Waals surface area contributed by atoms with Gasteiger partial charge in [0.25, 0.3) is 0 Å². The molecule has 1 aliphatic heterocycles. The summed E-state index contributed by atoms with van der Waals surface area (Å²) in [6, 6.07) is 7.45. The van der Waals surface area contributed by atoms with Crippen molar-refractivity contribution in [2.45, 2.75) is 39.0 Å². The molecule has 5 rings (SSSR count). The van der Waals surface area contributed by atoms with Crippen LogP contribution in [0.3, 0.4) is 0 Å². The third kappa shape index (κ3) is 3.82. The molecule has 5 heterocycles. The Bertz CT molecular complexity index is 1210. The quantitative estimate of drug-likeness (QED) is 0.524. The first-order chi connectivity index (χ1) is 15.0. The van der Waals surface area contributed by atoms with Crippen LogP contribution in [0.15, 0.2) is 41.1 Å². The van der Waals surface area contributed by atoms with Gasteiger partial charge in [0.05, 0.1) is 23.8 Å². The van der Waals surface area contributed by atoms with Gasteiger partial charge in [-0.1, -0.05) is 0 Å². The number of ether oxygens (including phenoxy) is 2. The van der Waals surface area contributed by atoms with E-state index in [-0.39, 0.29) is 18.2 Å². The molecule has 3 unspecified atom stereocenters. The van der Waals surface area contributed by atoms with Crippen molar-refractivity contribution in [2.24, 2.45) is 5.73 Å². The van der Waals surface area contributed by atoms with E-state index in [4.69, 9.17) is 19.6 Å². The van der Waals surface area contributed by atoms with Crippen molar-refractivity contribution >= 4 is 22.4 Å². The summed E-state index contributed by atoms with van der Waals surface area (Å²) in [6.45, 7) is 8.01. The second kappa shape index (κ2) is 7.82. The average Bonchev–Trinajstić information content (AvgIpc) is 3.34. The number of nitrogens with zero attached hydrogens (tertiary/aromatic N) is 5. The van der Waals surface area contributed by atoms with Crippen LogP contribution < -0.4 is 15.4 Å². The fourth-order valence-electron chi connectivity index (χ4n) is 4.00. The predicted molar refractivity (Wildman–Crippen MR) is 117 cm³/mol. The van der Waals surface area contributed by atoms with E-state index in [1.54, 1.807) is 23.0 Å². The maximum Gasteiger partial charge on any atom is 0.231 e. The molecule has 1 fully saturated rings. The van der Waals surface area contributed by atoms with Crippen LogP contribution in [-0.2, 0) is 4.74 Å². The highest BCUT2D eigenvalue weighted by molar-refractivity contribution is 5.92. The molecule has 4 aromatic rings. The van der Waals surface area contributed by atoms with Crippen molar-refractivity contribution < 1.29 is 13.9 Å². The zero-order valence-electron chi connectivity index (χ0n) is 17.9. The van der Waals surface area contributed by atoms with Crippen LogP contribution in [0.5, 0.6) is 5.88 Å². The SMILES string of the molecule is CC(N)COc1ccc2ncc(-c3cc4c(N5CC(C)OC(C)C5)nccc4o3)n2n1. The molecule has 0 aliphatic carbocycles. The highest BCUT2D eigenvalue weighted by Gasteiger charge is 2.25. The van der Waals surface area contributed by atoms with E-state index >= 15 is 0 Å². The van der Waals surface area contributed by atoms with E-state index < -0.39 is 0 Å². The van der Waals surface area contributed by atoms with Gasteiger partial charge in [0.1, 0.15) is 23.7 Å². The molecule has 9 heteroatoms. The van der Waals surface area contributed by atoms with Gasteiger partial charge in [-0.2, -0.15) is 0 Å². The van der Waals surface area contributed by atoms with Gasteiger partial charge >= 0.3 is 0 Å². The van der Waals surface area contributed by atoms with Gasteiger partial charge in [-0.15, -0.1) is 5.10 Å². The molecule has 0 bridgehead atoms.